The summed E-state index contributed by atoms with van der Waals surface area (Å²) in [5.41, 5.74) is 5.17. The number of rotatable bonds is 2. The molecule has 8 heteroatoms. The van der Waals surface area contributed by atoms with E-state index in [0.717, 1.165) is 23.9 Å². The predicted molar refractivity (Wildman–Crippen MR) is 74.4 cm³/mol. The number of hydrogen-bond donors (Lipinski definition) is 1. The lowest BCUT2D eigenvalue weighted by Gasteiger charge is -2.22. The van der Waals surface area contributed by atoms with Gasteiger partial charge in [-0.3, -0.25) is 0 Å². The highest BCUT2D eigenvalue weighted by Gasteiger charge is 2.41. The predicted octanol–water partition coefficient (Wildman–Crippen LogP) is 3.31. The Labute approximate surface area is 125 Å². The van der Waals surface area contributed by atoms with Crippen molar-refractivity contribution in [2.24, 2.45) is 0 Å². The molecule has 1 aliphatic rings. The van der Waals surface area contributed by atoms with E-state index in [1.165, 1.54) is 12.4 Å². The fraction of sp³-hybridized carbons (Fsp3) is 0.500. The maximum atomic E-state index is 13.3. The van der Waals surface area contributed by atoms with Crippen LogP contribution >= 0.6 is 0 Å². The molecule has 2 N–H and O–H groups in total. The lowest BCUT2D eigenvalue weighted by molar-refractivity contribution is -0.142. The van der Waals surface area contributed by atoms with Gasteiger partial charge in [0.25, 0.3) is 5.95 Å². The minimum absolute atomic E-state index is 0.00887. The van der Waals surface area contributed by atoms with Crippen molar-refractivity contribution in [1.82, 2.24) is 19.7 Å². The van der Waals surface area contributed by atoms with E-state index in [1.807, 2.05) is 0 Å². The van der Waals surface area contributed by atoms with Gasteiger partial charge in [0, 0.05) is 18.0 Å². The van der Waals surface area contributed by atoms with E-state index in [4.69, 9.17) is 5.73 Å². The maximum Gasteiger partial charge on any atom is 0.435 e. The van der Waals surface area contributed by atoms with E-state index in [9.17, 15) is 13.2 Å². The van der Waals surface area contributed by atoms with Crippen molar-refractivity contribution in [1.29, 1.82) is 0 Å². The van der Waals surface area contributed by atoms with Crippen molar-refractivity contribution >= 4 is 5.82 Å². The van der Waals surface area contributed by atoms with E-state index >= 15 is 0 Å². The molecule has 0 atom stereocenters. The van der Waals surface area contributed by atoms with Gasteiger partial charge in [-0.05, 0) is 24.8 Å². The number of nitrogen functional groups attached to an aromatic ring is 1. The number of nitrogens with zero attached hydrogens (tertiary/aromatic N) is 4. The Morgan fingerprint density at radius 1 is 1.09 bits per heavy atom. The zero-order valence-electron chi connectivity index (χ0n) is 11.8. The first-order chi connectivity index (χ1) is 10.5. The summed E-state index contributed by atoms with van der Waals surface area (Å²) in [6.45, 7) is 0. The second-order valence-electron chi connectivity index (χ2n) is 5.44. The van der Waals surface area contributed by atoms with E-state index < -0.39 is 11.9 Å². The molecule has 5 nitrogen and oxygen atoms in total. The molecule has 0 saturated heterocycles. The summed E-state index contributed by atoms with van der Waals surface area (Å²) in [5.74, 6) is -0.166. The SMILES string of the molecule is Nc1c(C2CCCCC2)c(C(F)(F)F)nn1-c1ncccn1. The molecule has 2 heterocycles. The highest BCUT2D eigenvalue weighted by atomic mass is 19.4. The minimum atomic E-state index is -4.54. The highest BCUT2D eigenvalue weighted by molar-refractivity contribution is 5.50. The largest absolute Gasteiger partial charge is 0.435 e. The van der Waals surface area contributed by atoms with E-state index in [1.54, 1.807) is 6.07 Å². The van der Waals surface area contributed by atoms with Crippen molar-refractivity contribution in [2.75, 3.05) is 5.73 Å². The van der Waals surface area contributed by atoms with Gasteiger partial charge in [0.05, 0.1) is 0 Å². The van der Waals surface area contributed by atoms with Gasteiger partial charge in [0.1, 0.15) is 5.82 Å². The number of hydrogen-bond acceptors (Lipinski definition) is 4. The van der Waals surface area contributed by atoms with Gasteiger partial charge in [-0.25, -0.2) is 9.97 Å². The molecule has 118 valence electrons. The van der Waals surface area contributed by atoms with Gasteiger partial charge in [-0.2, -0.15) is 23.0 Å². The lowest BCUT2D eigenvalue weighted by Crippen LogP contribution is -2.14. The average Bonchev–Trinajstić information content (AvgIpc) is 2.87. The summed E-state index contributed by atoms with van der Waals surface area (Å²) in [7, 11) is 0. The highest BCUT2D eigenvalue weighted by Crippen LogP contribution is 2.43. The summed E-state index contributed by atoms with van der Waals surface area (Å²) in [5, 5.41) is 3.67. The number of nitrogens with two attached hydrogens (primary N) is 1. The molecule has 1 aliphatic carbocycles. The summed E-state index contributed by atoms with van der Waals surface area (Å²) in [6, 6.07) is 1.58. The van der Waals surface area contributed by atoms with Gasteiger partial charge in [0.2, 0.25) is 0 Å². The third-order valence-electron chi connectivity index (χ3n) is 3.98. The Bertz CT molecular complexity index is 644. The molecule has 3 rings (SSSR count). The number of anilines is 1. The molecule has 2 aromatic rings. The fourth-order valence-corrected chi connectivity index (χ4v) is 3.00. The van der Waals surface area contributed by atoms with Crippen LogP contribution in [0.2, 0.25) is 0 Å². The van der Waals surface area contributed by atoms with E-state index in [-0.39, 0.29) is 23.2 Å². The van der Waals surface area contributed by atoms with E-state index in [0.29, 0.717) is 12.8 Å². The summed E-state index contributed by atoms with van der Waals surface area (Å²) < 4.78 is 41.0. The van der Waals surface area contributed by atoms with Gasteiger partial charge >= 0.3 is 6.18 Å². The normalized spacial score (nSPS) is 16.9. The topological polar surface area (TPSA) is 69.6 Å². The minimum Gasteiger partial charge on any atom is -0.383 e. The zero-order chi connectivity index (χ0) is 15.7. The van der Waals surface area contributed by atoms with Crippen LogP contribution in [0.4, 0.5) is 19.0 Å². The van der Waals surface area contributed by atoms with Crippen LogP contribution in [-0.2, 0) is 6.18 Å². The van der Waals surface area contributed by atoms with Crippen LogP contribution in [-0.4, -0.2) is 19.7 Å². The molecule has 0 spiro atoms. The van der Waals surface area contributed by atoms with Crippen LogP contribution in [0.25, 0.3) is 5.95 Å². The Morgan fingerprint density at radius 2 is 1.73 bits per heavy atom. The van der Waals surface area contributed by atoms with Crippen LogP contribution in [0, 0.1) is 0 Å². The van der Waals surface area contributed by atoms with Crippen LogP contribution in [0.15, 0.2) is 18.5 Å². The number of alkyl halides is 3. The Kier molecular flexibility index (Phi) is 3.76. The maximum absolute atomic E-state index is 13.3. The quantitative estimate of drug-likeness (QED) is 0.923. The van der Waals surface area contributed by atoms with Crippen LogP contribution in [0.1, 0.15) is 49.3 Å². The van der Waals surface area contributed by atoms with Crippen molar-refractivity contribution in [3.05, 3.63) is 29.7 Å². The third-order valence-corrected chi connectivity index (χ3v) is 3.98. The number of aromatic nitrogens is 4. The van der Waals surface area contributed by atoms with Gasteiger partial charge in [0.15, 0.2) is 5.69 Å². The first-order valence-corrected chi connectivity index (χ1v) is 7.21. The lowest BCUT2D eigenvalue weighted by atomic mass is 9.83. The average molecular weight is 311 g/mol. The van der Waals surface area contributed by atoms with Crippen molar-refractivity contribution in [3.63, 3.8) is 0 Å². The molecule has 0 unspecified atom stereocenters. The Hall–Kier alpha value is -2.12. The standard InChI is InChI=1S/C14H16F3N5/c15-14(16,17)11-10(9-5-2-1-3-6-9)12(18)22(21-11)13-19-7-4-8-20-13/h4,7-9H,1-3,5-6,18H2. The second kappa shape index (κ2) is 5.58. The molecule has 22 heavy (non-hydrogen) atoms. The molecule has 1 saturated carbocycles. The van der Waals surface area contributed by atoms with Crippen molar-refractivity contribution < 1.29 is 13.2 Å². The Morgan fingerprint density at radius 3 is 2.32 bits per heavy atom. The summed E-state index contributed by atoms with van der Waals surface area (Å²) >= 11 is 0. The smallest absolute Gasteiger partial charge is 0.383 e. The van der Waals surface area contributed by atoms with Crippen molar-refractivity contribution in [2.45, 2.75) is 44.2 Å². The van der Waals surface area contributed by atoms with Crippen LogP contribution < -0.4 is 5.73 Å². The van der Waals surface area contributed by atoms with Crippen LogP contribution in [0.3, 0.4) is 0 Å². The van der Waals surface area contributed by atoms with Gasteiger partial charge < -0.3 is 5.73 Å². The fourth-order valence-electron chi connectivity index (χ4n) is 3.00. The van der Waals surface area contributed by atoms with Gasteiger partial charge in [-0.1, -0.05) is 19.3 Å². The molecule has 2 aromatic heterocycles. The zero-order valence-corrected chi connectivity index (χ0v) is 11.8. The molecule has 0 radical (unpaired) electrons. The molecule has 0 aromatic carbocycles. The molecule has 1 fully saturated rings. The summed E-state index contributed by atoms with van der Waals surface area (Å²) in [4.78, 5) is 7.87. The first kappa shape index (κ1) is 14.8. The second-order valence-corrected chi connectivity index (χ2v) is 5.44. The molecular formula is C14H16F3N5. The van der Waals surface area contributed by atoms with Crippen LogP contribution in [0.5, 0.6) is 0 Å². The number of halogens is 3. The summed E-state index contributed by atoms with van der Waals surface area (Å²) in [6.07, 6.45) is 2.62. The molecule has 0 aliphatic heterocycles. The molecule has 0 bridgehead atoms. The Balaban J connectivity index is 2.12. The van der Waals surface area contributed by atoms with Gasteiger partial charge in [-0.15, -0.1) is 0 Å². The third kappa shape index (κ3) is 2.65. The van der Waals surface area contributed by atoms with E-state index in [2.05, 4.69) is 15.1 Å². The molecular weight excluding hydrogens is 295 g/mol. The first-order valence-electron chi connectivity index (χ1n) is 7.21. The monoisotopic (exact) mass is 311 g/mol. The van der Waals surface area contributed by atoms with Crippen molar-refractivity contribution in [3.8, 4) is 5.95 Å². The molecule has 0 amide bonds.